The second-order valence-corrected chi connectivity index (χ2v) is 7.33. The minimum atomic E-state index is -0.533. The molecule has 6 nitrogen and oxygen atoms in total. The molecular formula is C15H19N3O3S. The van der Waals surface area contributed by atoms with E-state index in [0.717, 1.165) is 29.9 Å². The highest BCUT2D eigenvalue weighted by atomic mass is 32.1. The Hall–Kier alpha value is -1.73. The van der Waals surface area contributed by atoms with Crippen molar-refractivity contribution < 1.29 is 14.3 Å². The third-order valence-electron chi connectivity index (χ3n) is 3.28. The number of fused-ring (bicyclic) bond motifs is 1. The molecule has 1 aliphatic heterocycles. The van der Waals surface area contributed by atoms with Gasteiger partial charge in [0.25, 0.3) is 0 Å². The molecule has 0 saturated carbocycles. The maximum Gasteiger partial charge on any atom is 0.413 e. The van der Waals surface area contributed by atoms with Crippen molar-refractivity contribution in [3.8, 4) is 0 Å². The van der Waals surface area contributed by atoms with Gasteiger partial charge in [0.05, 0.1) is 11.3 Å². The van der Waals surface area contributed by atoms with E-state index in [1.54, 1.807) is 0 Å². The van der Waals surface area contributed by atoms with Crippen LogP contribution in [-0.2, 0) is 9.47 Å². The van der Waals surface area contributed by atoms with Crippen LogP contribution in [0.5, 0.6) is 0 Å². The average Bonchev–Trinajstić information content (AvgIpc) is 3.03. The highest BCUT2D eigenvalue weighted by Crippen LogP contribution is 2.30. The number of ether oxygens (including phenoxy) is 2. The van der Waals surface area contributed by atoms with E-state index in [-0.39, 0.29) is 0 Å². The number of nitrogens with one attached hydrogen (secondary N) is 1. The summed E-state index contributed by atoms with van der Waals surface area (Å²) in [4.78, 5) is 20.5. The molecule has 118 valence electrons. The van der Waals surface area contributed by atoms with Gasteiger partial charge in [0.1, 0.15) is 5.60 Å². The van der Waals surface area contributed by atoms with Crippen molar-refractivity contribution in [3.05, 3.63) is 17.8 Å². The first-order valence-electron chi connectivity index (χ1n) is 7.25. The number of carbonyl (C=O) groups excluding carboxylic acids is 1. The Bertz CT molecular complexity index is 687. The molecule has 0 aromatic carbocycles. The van der Waals surface area contributed by atoms with Crippen LogP contribution in [0.15, 0.2) is 12.3 Å². The molecule has 2 aromatic heterocycles. The first-order chi connectivity index (χ1) is 10.4. The number of carbonyl (C=O) groups is 1. The number of hydrogen-bond acceptors (Lipinski definition) is 6. The van der Waals surface area contributed by atoms with Gasteiger partial charge >= 0.3 is 6.09 Å². The van der Waals surface area contributed by atoms with Crippen LogP contribution in [0.4, 0.5) is 9.93 Å². The van der Waals surface area contributed by atoms with Crippen molar-refractivity contribution in [1.82, 2.24) is 9.97 Å². The lowest BCUT2D eigenvalue weighted by Gasteiger charge is -2.18. The minimum Gasteiger partial charge on any atom is -0.444 e. The van der Waals surface area contributed by atoms with Crippen LogP contribution in [0.1, 0.15) is 38.7 Å². The average molecular weight is 321 g/mol. The van der Waals surface area contributed by atoms with Crippen LogP contribution in [0, 0.1) is 0 Å². The molecule has 1 unspecified atom stereocenters. The van der Waals surface area contributed by atoms with Gasteiger partial charge in [0, 0.05) is 18.7 Å². The lowest BCUT2D eigenvalue weighted by molar-refractivity contribution is 0.0636. The van der Waals surface area contributed by atoms with Gasteiger partial charge in [-0.1, -0.05) is 11.3 Å². The van der Waals surface area contributed by atoms with Crippen LogP contribution < -0.4 is 5.32 Å². The molecule has 1 saturated heterocycles. The fraction of sp³-hybridized carbons (Fsp3) is 0.533. The van der Waals surface area contributed by atoms with E-state index in [0.29, 0.717) is 16.7 Å². The second-order valence-electron chi connectivity index (χ2n) is 6.30. The zero-order valence-corrected chi connectivity index (χ0v) is 13.7. The summed E-state index contributed by atoms with van der Waals surface area (Å²) in [5.41, 5.74) is 1.27. The van der Waals surface area contributed by atoms with Gasteiger partial charge in [-0.2, -0.15) is 4.98 Å². The predicted octanol–water partition coefficient (Wildman–Crippen LogP) is 3.54. The zero-order chi connectivity index (χ0) is 15.7. The molecule has 0 aliphatic carbocycles. The van der Waals surface area contributed by atoms with Crippen molar-refractivity contribution in [1.29, 1.82) is 0 Å². The summed E-state index contributed by atoms with van der Waals surface area (Å²) in [7, 11) is 0. The van der Waals surface area contributed by atoms with E-state index in [1.807, 2.05) is 27.0 Å². The molecule has 3 heterocycles. The maximum absolute atomic E-state index is 11.8. The third kappa shape index (κ3) is 3.53. The molecule has 1 aliphatic rings. The zero-order valence-electron chi connectivity index (χ0n) is 12.9. The van der Waals surface area contributed by atoms with Crippen LogP contribution >= 0.6 is 11.3 Å². The van der Waals surface area contributed by atoms with E-state index in [2.05, 4.69) is 21.4 Å². The minimum absolute atomic E-state index is 0.404. The van der Waals surface area contributed by atoms with Gasteiger partial charge in [-0.15, -0.1) is 0 Å². The van der Waals surface area contributed by atoms with Gasteiger partial charge < -0.3 is 9.47 Å². The summed E-state index contributed by atoms with van der Waals surface area (Å²) in [6.07, 6.45) is 2.36. The van der Waals surface area contributed by atoms with Gasteiger partial charge in [-0.05, 0) is 38.8 Å². The number of rotatable bonds is 2. The molecule has 0 bridgehead atoms. The quantitative estimate of drug-likeness (QED) is 0.916. The highest BCUT2D eigenvalue weighted by Gasteiger charge is 2.20. The predicted molar refractivity (Wildman–Crippen MR) is 85.4 cm³/mol. The van der Waals surface area contributed by atoms with E-state index in [9.17, 15) is 4.79 Å². The molecule has 0 spiro atoms. The van der Waals surface area contributed by atoms with E-state index < -0.39 is 11.7 Å². The van der Waals surface area contributed by atoms with Gasteiger partial charge in [0.15, 0.2) is 10.8 Å². The summed E-state index contributed by atoms with van der Waals surface area (Å²) >= 11 is 1.40. The fourth-order valence-corrected chi connectivity index (χ4v) is 3.16. The van der Waals surface area contributed by atoms with Crippen molar-refractivity contribution >= 4 is 32.9 Å². The largest absolute Gasteiger partial charge is 0.444 e. The Kier molecular flexibility index (Phi) is 4.01. The fourth-order valence-electron chi connectivity index (χ4n) is 2.30. The normalized spacial score (nSPS) is 18.6. The molecule has 2 aromatic rings. The summed E-state index contributed by atoms with van der Waals surface area (Å²) in [6, 6.07) is 2.08. The van der Waals surface area contributed by atoms with Crippen LogP contribution in [0.3, 0.4) is 0 Å². The molecule has 1 fully saturated rings. The first kappa shape index (κ1) is 15.2. The van der Waals surface area contributed by atoms with Crippen molar-refractivity contribution in [3.63, 3.8) is 0 Å². The van der Waals surface area contributed by atoms with Gasteiger partial charge in [0.2, 0.25) is 0 Å². The van der Waals surface area contributed by atoms with Gasteiger partial charge in [-0.3, -0.25) is 5.32 Å². The SMILES string of the molecule is CC(C)(C)OC(=O)Nc1nc2ncc(C3CCOC3)cc2s1. The number of hydrogen-bond donors (Lipinski definition) is 1. The molecule has 1 amide bonds. The summed E-state index contributed by atoms with van der Waals surface area (Å²) in [5.74, 6) is 0.404. The molecule has 7 heteroatoms. The van der Waals surface area contributed by atoms with Gasteiger partial charge in [-0.25, -0.2) is 9.78 Å². The summed E-state index contributed by atoms with van der Waals surface area (Å²) < 4.78 is 11.6. The molecular weight excluding hydrogens is 302 g/mol. The number of anilines is 1. The lowest BCUT2D eigenvalue weighted by atomic mass is 10.0. The summed E-state index contributed by atoms with van der Waals surface area (Å²) in [6.45, 7) is 7.01. The van der Waals surface area contributed by atoms with Crippen molar-refractivity contribution in [2.24, 2.45) is 0 Å². The number of pyridine rings is 1. The topological polar surface area (TPSA) is 73.3 Å². The Labute approximate surface area is 132 Å². The van der Waals surface area contributed by atoms with Crippen molar-refractivity contribution in [2.75, 3.05) is 18.5 Å². The van der Waals surface area contributed by atoms with Crippen molar-refractivity contribution in [2.45, 2.75) is 38.7 Å². The monoisotopic (exact) mass is 321 g/mol. The Morgan fingerprint density at radius 3 is 3.00 bits per heavy atom. The van der Waals surface area contributed by atoms with E-state index >= 15 is 0 Å². The number of thiazole rings is 1. The Morgan fingerprint density at radius 2 is 2.32 bits per heavy atom. The maximum atomic E-state index is 11.8. The molecule has 1 atom stereocenters. The Balaban J connectivity index is 1.76. The molecule has 1 N–H and O–H groups in total. The Morgan fingerprint density at radius 1 is 1.50 bits per heavy atom. The van der Waals surface area contributed by atoms with Crippen LogP contribution in [0.2, 0.25) is 0 Å². The summed E-state index contributed by atoms with van der Waals surface area (Å²) in [5, 5.41) is 3.16. The van der Waals surface area contributed by atoms with Crippen LogP contribution in [0.25, 0.3) is 10.3 Å². The molecule has 0 radical (unpaired) electrons. The van der Waals surface area contributed by atoms with E-state index in [4.69, 9.17) is 9.47 Å². The number of amides is 1. The lowest BCUT2D eigenvalue weighted by Crippen LogP contribution is -2.27. The second kappa shape index (κ2) is 5.81. The van der Waals surface area contributed by atoms with Crippen LogP contribution in [-0.4, -0.2) is 34.9 Å². The highest BCUT2D eigenvalue weighted by molar-refractivity contribution is 7.22. The van der Waals surface area contributed by atoms with E-state index in [1.165, 1.54) is 11.3 Å². The smallest absolute Gasteiger partial charge is 0.413 e. The number of aromatic nitrogens is 2. The first-order valence-corrected chi connectivity index (χ1v) is 8.06. The molecule has 22 heavy (non-hydrogen) atoms. The third-order valence-corrected chi connectivity index (χ3v) is 4.18. The number of nitrogens with zero attached hydrogens (tertiary/aromatic N) is 2. The molecule has 3 rings (SSSR count). The standard InChI is InChI=1S/C15H19N3O3S/c1-15(2,3)21-14(19)18-13-17-12-11(22-13)6-10(7-16-12)9-4-5-20-8-9/h6-7,9H,4-5,8H2,1-3H3,(H,16,17,18,19).